The van der Waals surface area contributed by atoms with Crippen molar-refractivity contribution < 1.29 is 0 Å². The molecule has 0 rings (SSSR count). The fraction of sp³-hybridized carbons (Fsp3) is 0.667. The second-order valence-electron chi connectivity index (χ2n) is 1.67. The minimum atomic E-state index is 0.735. The first-order chi connectivity index (χ1) is 3.77. The van der Waals surface area contributed by atoms with Crippen molar-refractivity contribution >= 4 is 11.8 Å². The van der Waals surface area contributed by atoms with Gasteiger partial charge in [-0.3, -0.25) is 0 Å². The molecule has 8 heavy (non-hydrogen) atoms. The molecule has 0 saturated carbocycles. The molecule has 48 valence electrons. The van der Waals surface area contributed by atoms with Gasteiger partial charge in [0.1, 0.15) is 0 Å². The van der Waals surface area contributed by atoms with Crippen molar-refractivity contribution in [3.8, 4) is 0 Å². The molecule has 0 spiro atoms. The molecule has 0 aliphatic heterocycles. The molecule has 0 radical (unpaired) electrons. The van der Waals surface area contributed by atoms with Crippen molar-refractivity contribution in [2.24, 2.45) is 5.73 Å². The Kier molecular flexibility index (Phi) is 4.97. The summed E-state index contributed by atoms with van der Waals surface area (Å²) in [6.07, 6.45) is 2.47. The fourth-order valence-electron chi connectivity index (χ4n) is 0.348. The second kappa shape index (κ2) is 5.04. The minimum absolute atomic E-state index is 0.735. The van der Waals surface area contributed by atoms with E-state index in [0.29, 0.717) is 0 Å². The quantitative estimate of drug-likeness (QED) is 0.590. The van der Waals surface area contributed by atoms with Crippen molar-refractivity contribution in [3.63, 3.8) is 0 Å². The smallest absolute Gasteiger partial charge is 0.0581 e. The van der Waals surface area contributed by atoms with Gasteiger partial charge in [-0.1, -0.05) is 19.9 Å². The molecule has 0 aliphatic rings. The third kappa shape index (κ3) is 5.89. The minimum Gasteiger partial charge on any atom is -0.394 e. The molecule has 0 saturated heterocycles. The Morgan fingerprint density at radius 3 is 2.75 bits per heavy atom. The Balaban J connectivity index is 2.82. The first-order valence-corrected chi connectivity index (χ1v) is 3.83. The van der Waals surface area contributed by atoms with Crippen LogP contribution < -0.4 is 5.73 Å². The van der Waals surface area contributed by atoms with Gasteiger partial charge in [-0.2, -0.15) is 0 Å². The van der Waals surface area contributed by atoms with E-state index in [2.05, 4.69) is 13.5 Å². The summed E-state index contributed by atoms with van der Waals surface area (Å²) < 4.78 is 0. The van der Waals surface area contributed by atoms with E-state index in [-0.39, 0.29) is 0 Å². The van der Waals surface area contributed by atoms with Crippen LogP contribution in [0.1, 0.15) is 19.8 Å². The van der Waals surface area contributed by atoms with Gasteiger partial charge in [-0.05, 0) is 12.2 Å². The molecule has 0 aromatic rings. The Morgan fingerprint density at radius 1 is 1.75 bits per heavy atom. The first kappa shape index (κ1) is 7.89. The molecule has 0 amide bonds. The van der Waals surface area contributed by atoms with Crippen LogP contribution in [-0.2, 0) is 0 Å². The maximum Gasteiger partial charge on any atom is 0.0581 e. The standard InChI is InChI=1S/C6H13NS/c1-3-4-5-8-6(2)7/h2-5,7H2,1H3. The van der Waals surface area contributed by atoms with Gasteiger partial charge in [-0.15, -0.1) is 11.8 Å². The van der Waals surface area contributed by atoms with Crippen LogP contribution in [0.15, 0.2) is 11.6 Å². The Labute approximate surface area is 55.3 Å². The summed E-state index contributed by atoms with van der Waals surface area (Å²) in [6.45, 7) is 5.73. The summed E-state index contributed by atoms with van der Waals surface area (Å²) in [5, 5.41) is 0.735. The van der Waals surface area contributed by atoms with Crippen LogP contribution in [0.5, 0.6) is 0 Å². The van der Waals surface area contributed by atoms with Crippen molar-refractivity contribution in [3.05, 3.63) is 11.6 Å². The van der Waals surface area contributed by atoms with Crippen LogP contribution in [-0.4, -0.2) is 5.75 Å². The van der Waals surface area contributed by atoms with Crippen molar-refractivity contribution in [2.75, 3.05) is 5.75 Å². The number of nitrogens with two attached hydrogens (primary N) is 1. The van der Waals surface area contributed by atoms with Crippen molar-refractivity contribution in [1.82, 2.24) is 0 Å². The Morgan fingerprint density at radius 2 is 2.38 bits per heavy atom. The summed E-state index contributed by atoms with van der Waals surface area (Å²) in [7, 11) is 0. The van der Waals surface area contributed by atoms with E-state index in [1.165, 1.54) is 12.8 Å². The zero-order valence-corrected chi connectivity index (χ0v) is 6.13. The Bertz CT molecular complexity index is 70.9. The summed E-state index contributed by atoms with van der Waals surface area (Å²) in [5.74, 6) is 1.12. The third-order valence-corrected chi connectivity index (χ3v) is 1.65. The molecule has 0 fully saturated rings. The lowest BCUT2D eigenvalue weighted by molar-refractivity contribution is 0.897. The zero-order valence-electron chi connectivity index (χ0n) is 5.31. The maximum atomic E-state index is 5.30. The Hall–Kier alpha value is -0.110. The van der Waals surface area contributed by atoms with Gasteiger partial charge in [-0.25, -0.2) is 0 Å². The van der Waals surface area contributed by atoms with Crippen LogP contribution in [0.2, 0.25) is 0 Å². The molecule has 2 N–H and O–H groups in total. The molecule has 0 heterocycles. The van der Waals surface area contributed by atoms with Gasteiger partial charge >= 0.3 is 0 Å². The maximum absolute atomic E-state index is 5.30. The van der Waals surface area contributed by atoms with Gasteiger partial charge in [0.05, 0.1) is 5.03 Å². The monoisotopic (exact) mass is 131 g/mol. The first-order valence-electron chi connectivity index (χ1n) is 2.84. The highest BCUT2D eigenvalue weighted by Gasteiger charge is 1.85. The largest absolute Gasteiger partial charge is 0.394 e. The number of hydrogen-bond donors (Lipinski definition) is 1. The molecule has 0 unspecified atom stereocenters. The van der Waals surface area contributed by atoms with Crippen LogP contribution in [0, 0.1) is 0 Å². The lowest BCUT2D eigenvalue weighted by atomic mass is 10.4. The molecule has 0 aromatic heterocycles. The highest BCUT2D eigenvalue weighted by Crippen LogP contribution is 2.08. The average Bonchev–Trinajstić information content (AvgIpc) is 1.66. The molecule has 1 nitrogen and oxygen atoms in total. The highest BCUT2D eigenvalue weighted by molar-refractivity contribution is 8.02. The third-order valence-electron chi connectivity index (χ3n) is 0.785. The predicted octanol–water partition coefficient (Wildman–Crippen LogP) is 1.95. The van der Waals surface area contributed by atoms with Crippen LogP contribution >= 0.6 is 11.8 Å². The van der Waals surface area contributed by atoms with E-state index in [1.807, 2.05) is 0 Å². The molecule has 2 heteroatoms. The number of rotatable bonds is 4. The van der Waals surface area contributed by atoms with Crippen molar-refractivity contribution in [2.45, 2.75) is 19.8 Å². The molecule has 0 aromatic carbocycles. The normalized spacial score (nSPS) is 9.12. The summed E-state index contributed by atoms with van der Waals surface area (Å²) in [4.78, 5) is 0. The topological polar surface area (TPSA) is 26.0 Å². The van der Waals surface area contributed by atoms with Gasteiger partial charge in [0.2, 0.25) is 0 Å². The molecular formula is C6H13NS. The van der Waals surface area contributed by atoms with Crippen LogP contribution in [0.3, 0.4) is 0 Å². The fourth-order valence-corrected chi connectivity index (χ4v) is 1.04. The van der Waals surface area contributed by atoms with E-state index >= 15 is 0 Å². The van der Waals surface area contributed by atoms with Gasteiger partial charge in [0.25, 0.3) is 0 Å². The lowest BCUT2D eigenvalue weighted by Crippen LogP contribution is -1.89. The van der Waals surface area contributed by atoms with E-state index in [0.717, 1.165) is 10.8 Å². The SMILES string of the molecule is C=C(N)SCCCC. The number of hydrogen-bond acceptors (Lipinski definition) is 2. The lowest BCUT2D eigenvalue weighted by Gasteiger charge is -1.94. The summed E-state index contributed by atoms with van der Waals surface area (Å²) >= 11 is 1.64. The summed E-state index contributed by atoms with van der Waals surface area (Å²) in [5.41, 5.74) is 5.30. The molecular weight excluding hydrogens is 118 g/mol. The summed E-state index contributed by atoms with van der Waals surface area (Å²) in [6, 6.07) is 0. The zero-order chi connectivity index (χ0) is 6.41. The number of thioether (sulfide) groups is 1. The predicted molar refractivity (Wildman–Crippen MR) is 40.7 cm³/mol. The second-order valence-corrected chi connectivity index (χ2v) is 2.89. The van der Waals surface area contributed by atoms with E-state index in [9.17, 15) is 0 Å². The van der Waals surface area contributed by atoms with Gasteiger partial charge < -0.3 is 5.73 Å². The van der Waals surface area contributed by atoms with Gasteiger partial charge in [0.15, 0.2) is 0 Å². The molecule has 0 bridgehead atoms. The molecule has 0 aliphatic carbocycles. The highest BCUT2D eigenvalue weighted by atomic mass is 32.2. The number of unbranched alkanes of at least 4 members (excludes halogenated alkanes) is 1. The molecule has 0 atom stereocenters. The average molecular weight is 131 g/mol. The van der Waals surface area contributed by atoms with Gasteiger partial charge in [0, 0.05) is 0 Å². The van der Waals surface area contributed by atoms with E-state index in [1.54, 1.807) is 11.8 Å². The van der Waals surface area contributed by atoms with E-state index < -0.39 is 0 Å². The van der Waals surface area contributed by atoms with Crippen molar-refractivity contribution in [1.29, 1.82) is 0 Å². The van der Waals surface area contributed by atoms with Crippen LogP contribution in [0.25, 0.3) is 0 Å². The van der Waals surface area contributed by atoms with E-state index in [4.69, 9.17) is 5.73 Å². The van der Waals surface area contributed by atoms with Crippen LogP contribution in [0.4, 0.5) is 0 Å².